The Hall–Kier alpha value is -2.68. The number of urea groups is 1. The van der Waals surface area contributed by atoms with Crippen molar-refractivity contribution in [3.8, 4) is 0 Å². The summed E-state index contributed by atoms with van der Waals surface area (Å²) in [6, 6.07) is 3.46. The molecule has 0 saturated heterocycles. The molecule has 0 aliphatic carbocycles. The van der Waals surface area contributed by atoms with Crippen LogP contribution in [0.25, 0.3) is 0 Å². The Morgan fingerprint density at radius 2 is 2.15 bits per heavy atom. The molecule has 2 amide bonds. The van der Waals surface area contributed by atoms with Crippen LogP contribution in [0.2, 0.25) is 5.02 Å². The Morgan fingerprint density at radius 3 is 2.80 bits per heavy atom. The summed E-state index contributed by atoms with van der Waals surface area (Å²) in [7, 11) is 0. The molecule has 20 heavy (non-hydrogen) atoms. The van der Waals surface area contributed by atoms with Gasteiger partial charge in [-0.05, 0) is 18.2 Å². The number of carboxylic acids is 1. The zero-order valence-electron chi connectivity index (χ0n) is 9.92. The number of carbonyl (C=O) groups is 2. The number of tetrazole rings is 1. The van der Waals surface area contributed by atoms with Crippen LogP contribution >= 0.6 is 11.6 Å². The van der Waals surface area contributed by atoms with Gasteiger partial charge in [0.1, 0.15) is 0 Å². The summed E-state index contributed by atoms with van der Waals surface area (Å²) in [6.07, 6.45) is 0. The van der Waals surface area contributed by atoms with Crippen LogP contribution in [0, 0.1) is 0 Å². The maximum Gasteiger partial charge on any atom is 0.335 e. The molecule has 1 heterocycles. The van der Waals surface area contributed by atoms with Crippen LogP contribution in [0.4, 0.5) is 10.5 Å². The van der Waals surface area contributed by atoms with Crippen LogP contribution in [0.1, 0.15) is 16.2 Å². The number of aromatic amines is 1. The molecule has 10 heteroatoms. The standard InChI is InChI=1S/C10H9ClN6O3/c11-6-1-5(9(18)19)2-7(3-6)13-10(20)12-4-8-14-16-17-15-8/h1-3H,4H2,(H,18,19)(H2,12,13,20)(H,14,15,16,17). The van der Waals surface area contributed by atoms with Crippen LogP contribution in [-0.2, 0) is 6.54 Å². The molecule has 0 atom stereocenters. The Balaban J connectivity index is 1.98. The van der Waals surface area contributed by atoms with Crippen molar-refractivity contribution in [3.05, 3.63) is 34.6 Å². The number of H-pyrrole nitrogens is 1. The number of anilines is 1. The molecule has 4 N–H and O–H groups in total. The monoisotopic (exact) mass is 296 g/mol. The van der Waals surface area contributed by atoms with E-state index in [1.807, 2.05) is 0 Å². The fraction of sp³-hybridized carbons (Fsp3) is 0.100. The van der Waals surface area contributed by atoms with E-state index in [0.717, 1.165) is 0 Å². The van der Waals surface area contributed by atoms with Gasteiger partial charge in [0.15, 0.2) is 5.82 Å². The first-order valence-electron chi connectivity index (χ1n) is 5.35. The molecule has 0 unspecified atom stereocenters. The molecule has 0 aliphatic rings. The molecule has 0 radical (unpaired) electrons. The lowest BCUT2D eigenvalue weighted by Gasteiger charge is -2.07. The van der Waals surface area contributed by atoms with Crippen molar-refractivity contribution in [2.75, 3.05) is 5.32 Å². The van der Waals surface area contributed by atoms with Crippen LogP contribution in [0.5, 0.6) is 0 Å². The fourth-order valence-corrected chi connectivity index (χ4v) is 1.61. The van der Waals surface area contributed by atoms with Crippen molar-refractivity contribution >= 4 is 29.3 Å². The number of halogens is 1. The molecule has 1 aromatic carbocycles. The minimum atomic E-state index is -1.14. The van der Waals surface area contributed by atoms with E-state index in [2.05, 4.69) is 31.3 Å². The summed E-state index contributed by atoms with van der Waals surface area (Å²) < 4.78 is 0. The first-order chi connectivity index (χ1) is 9.54. The highest BCUT2D eigenvalue weighted by atomic mass is 35.5. The predicted octanol–water partition coefficient (Wildman–Crippen LogP) is 0.873. The number of hydrogen-bond donors (Lipinski definition) is 4. The molecule has 0 saturated carbocycles. The summed E-state index contributed by atoms with van der Waals surface area (Å²) >= 11 is 5.77. The van der Waals surface area contributed by atoms with Crippen molar-refractivity contribution in [1.82, 2.24) is 25.9 Å². The molecule has 104 valence electrons. The average molecular weight is 297 g/mol. The van der Waals surface area contributed by atoms with Crippen LogP contribution in [0.3, 0.4) is 0 Å². The van der Waals surface area contributed by atoms with Gasteiger partial charge in [-0.25, -0.2) is 9.59 Å². The Bertz CT molecular complexity index is 630. The highest BCUT2D eigenvalue weighted by molar-refractivity contribution is 6.31. The van der Waals surface area contributed by atoms with Gasteiger partial charge in [0.25, 0.3) is 0 Å². The number of aromatic carboxylic acids is 1. The summed E-state index contributed by atoms with van der Waals surface area (Å²) in [5.74, 6) is -0.819. The number of rotatable bonds is 4. The molecule has 0 fully saturated rings. The van der Waals surface area contributed by atoms with Crippen LogP contribution < -0.4 is 10.6 Å². The van der Waals surface area contributed by atoms with E-state index in [1.54, 1.807) is 0 Å². The first-order valence-corrected chi connectivity index (χ1v) is 5.73. The lowest BCUT2D eigenvalue weighted by Crippen LogP contribution is -2.28. The van der Waals surface area contributed by atoms with Crippen molar-refractivity contribution in [3.63, 3.8) is 0 Å². The van der Waals surface area contributed by atoms with Crippen molar-refractivity contribution < 1.29 is 14.7 Å². The van der Waals surface area contributed by atoms with E-state index < -0.39 is 12.0 Å². The number of carboxylic acid groups (broad SMARTS) is 1. The number of amides is 2. The van der Waals surface area contributed by atoms with E-state index in [1.165, 1.54) is 18.2 Å². The zero-order valence-corrected chi connectivity index (χ0v) is 10.7. The molecule has 0 spiro atoms. The summed E-state index contributed by atoms with van der Waals surface area (Å²) in [5.41, 5.74) is 0.242. The average Bonchev–Trinajstić information content (AvgIpc) is 2.88. The number of nitrogens with zero attached hydrogens (tertiary/aromatic N) is 3. The maximum absolute atomic E-state index is 11.6. The normalized spacial score (nSPS) is 10.1. The van der Waals surface area contributed by atoms with E-state index in [-0.39, 0.29) is 22.8 Å². The van der Waals surface area contributed by atoms with E-state index in [0.29, 0.717) is 5.82 Å². The third-order valence-corrected chi connectivity index (χ3v) is 2.42. The molecule has 0 bridgehead atoms. The number of hydrogen-bond acceptors (Lipinski definition) is 5. The van der Waals surface area contributed by atoms with Gasteiger partial charge in [-0.1, -0.05) is 16.8 Å². The van der Waals surface area contributed by atoms with Crippen molar-refractivity contribution in [2.45, 2.75) is 6.54 Å². The van der Waals surface area contributed by atoms with Gasteiger partial charge < -0.3 is 15.7 Å². The zero-order chi connectivity index (χ0) is 14.5. The topological polar surface area (TPSA) is 133 Å². The second-order valence-corrected chi connectivity index (χ2v) is 4.11. The molecule has 9 nitrogen and oxygen atoms in total. The third kappa shape index (κ3) is 3.65. The molecule has 0 aliphatic heterocycles. The number of benzene rings is 1. The van der Waals surface area contributed by atoms with Gasteiger partial charge in [0, 0.05) is 10.7 Å². The molecule has 1 aromatic heterocycles. The maximum atomic E-state index is 11.6. The second-order valence-electron chi connectivity index (χ2n) is 3.67. The Morgan fingerprint density at radius 1 is 1.35 bits per heavy atom. The minimum Gasteiger partial charge on any atom is -0.478 e. The minimum absolute atomic E-state index is 0.0223. The molecular weight excluding hydrogens is 288 g/mol. The van der Waals surface area contributed by atoms with E-state index >= 15 is 0 Å². The molecule has 2 rings (SSSR count). The lowest BCUT2D eigenvalue weighted by molar-refractivity contribution is 0.0697. The van der Waals surface area contributed by atoms with Gasteiger partial charge in [-0.15, -0.1) is 10.2 Å². The van der Waals surface area contributed by atoms with Crippen molar-refractivity contribution in [2.24, 2.45) is 0 Å². The Kier molecular flexibility index (Phi) is 4.11. The summed E-state index contributed by atoms with van der Waals surface area (Å²) in [5, 5.41) is 26.9. The number of nitrogens with one attached hydrogen (secondary N) is 3. The van der Waals surface area contributed by atoms with E-state index in [9.17, 15) is 9.59 Å². The van der Waals surface area contributed by atoms with Gasteiger partial charge >= 0.3 is 12.0 Å². The largest absolute Gasteiger partial charge is 0.478 e. The Labute approximate surface area is 117 Å². The smallest absolute Gasteiger partial charge is 0.335 e. The van der Waals surface area contributed by atoms with E-state index in [4.69, 9.17) is 16.7 Å². The highest BCUT2D eigenvalue weighted by Crippen LogP contribution is 2.19. The van der Waals surface area contributed by atoms with Crippen LogP contribution in [0.15, 0.2) is 18.2 Å². The number of aromatic nitrogens is 4. The fourth-order valence-electron chi connectivity index (χ4n) is 1.38. The second kappa shape index (κ2) is 5.97. The molecular formula is C10H9ClN6O3. The predicted molar refractivity (Wildman–Crippen MR) is 68.4 cm³/mol. The quantitative estimate of drug-likeness (QED) is 0.661. The summed E-state index contributed by atoms with van der Waals surface area (Å²) in [6.45, 7) is 0.0781. The van der Waals surface area contributed by atoms with Gasteiger partial charge in [0.05, 0.1) is 12.1 Å². The third-order valence-electron chi connectivity index (χ3n) is 2.20. The lowest BCUT2D eigenvalue weighted by atomic mass is 10.2. The van der Waals surface area contributed by atoms with Crippen molar-refractivity contribution in [1.29, 1.82) is 0 Å². The van der Waals surface area contributed by atoms with Gasteiger partial charge in [-0.2, -0.15) is 5.21 Å². The summed E-state index contributed by atoms with van der Waals surface area (Å²) in [4.78, 5) is 22.5. The SMILES string of the molecule is O=C(NCc1nn[nH]n1)Nc1cc(Cl)cc(C(=O)O)c1. The molecule has 2 aromatic rings. The van der Waals surface area contributed by atoms with Gasteiger partial charge in [-0.3, -0.25) is 0 Å². The first kappa shape index (κ1) is 13.7. The van der Waals surface area contributed by atoms with Gasteiger partial charge in [0.2, 0.25) is 0 Å². The van der Waals surface area contributed by atoms with Crippen LogP contribution in [-0.4, -0.2) is 37.7 Å². The highest BCUT2D eigenvalue weighted by Gasteiger charge is 2.09. The number of carbonyl (C=O) groups excluding carboxylic acids is 1.